The lowest BCUT2D eigenvalue weighted by atomic mass is 10.0. The summed E-state index contributed by atoms with van der Waals surface area (Å²) in [5, 5.41) is 0.962. The highest BCUT2D eigenvalue weighted by Crippen LogP contribution is 2.21. The van der Waals surface area contributed by atoms with Gasteiger partial charge in [-0.2, -0.15) is 4.37 Å². The van der Waals surface area contributed by atoms with Crippen molar-refractivity contribution in [1.29, 1.82) is 0 Å². The van der Waals surface area contributed by atoms with Crippen LogP contribution in [-0.4, -0.2) is 46.3 Å². The van der Waals surface area contributed by atoms with E-state index in [1.54, 1.807) is 0 Å². The van der Waals surface area contributed by atoms with Crippen LogP contribution in [0.25, 0.3) is 0 Å². The number of carbonyl (C=O) groups is 1. The van der Waals surface area contributed by atoms with Gasteiger partial charge in [0.25, 0.3) is 5.91 Å². The minimum Gasteiger partial charge on any atom is -0.345 e. The van der Waals surface area contributed by atoms with Crippen LogP contribution in [0.2, 0.25) is 0 Å². The number of anilines is 1. The summed E-state index contributed by atoms with van der Waals surface area (Å²) in [6.45, 7) is 7.52. The van der Waals surface area contributed by atoms with Crippen molar-refractivity contribution in [2.75, 3.05) is 31.1 Å². The highest BCUT2D eigenvalue weighted by atomic mass is 32.1. The summed E-state index contributed by atoms with van der Waals surface area (Å²) in [7, 11) is 0. The van der Waals surface area contributed by atoms with E-state index in [4.69, 9.17) is 4.98 Å². The highest BCUT2D eigenvalue weighted by Gasteiger charge is 2.22. The molecule has 0 unspecified atom stereocenters. The fraction of sp³-hybridized carbons (Fsp3) is 0.464. The molecular formula is C28H36N4OS. The second-order valence-corrected chi connectivity index (χ2v) is 10.0. The number of hydrogen-bond donors (Lipinski definition) is 0. The van der Waals surface area contributed by atoms with Crippen LogP contribution in [0.1, 0.15) is 71.9 Å². The van der Waals surface area contributed by atoms with Gasteiger partial charge in [0.05, 0.1) is 0 Å². The summed E-state index contributed by atoms with van der Waals surface area (Å²) >= 11 is 1.47. The Bertz CT molecular complexity index is 1050. The number of aryl methyl sites for hydroxylation is 2. The van der Waals surface area contributed by atoms with Gasteiger partial charge in [0.2, 0.25) is 5.13 Å². The third-order valence-corrected chi connectivity index (χ3v) is 7.33. The maximum absolute atomic E-state index is 13.1. The van der Waals surface area contributed by atoms with Gasteiger partial charge in [0.1, 0.15) is 5.82 Å². The number of nitrogens with zero attached hydrogens (tertiary/aromatic N) is 4. The molecule has 1 aliphatic heterocycles. The number of aromatic nitrogens is 2. The van der Waals surface area contributed by atoms with Gasteiger partial charge in [-0.25, -0.2) is 4.98 Å². The Morgan fingerprint density at radius 2 is 1.68 bits per heavy atom. The first kappa shape index (κ1) is 24.4. The Balaban J connectivity index is 1.30. The van der Waals surface area contributed by atoms with Crippen LogP contribution in [0.3, 0.4) is 0 Å². The minimum atomic E-state index is 0.136. The van der Waals surface area contributed by atoms with Crippen molar-refractivity contribution in [2.24, 2.45) is 0 Å². The summed E-state index contributed by atoms with van der Waals surface area (Å²) in [5.41, 5.74) is 4.61. The van der Waals surface area contributed by atoms with Crippen molar-refractivity contribution in [3.8, 4) is 0 Å². The zero-order valence-electron chi connectivity index (χ0n) is 20.5. The fourth-order valence-electron chi connectivity index (χ4n) is 4.40. The molecule has 0 aliphatic carbocycles. The molecule has 1 saturated heterocycles. The number of carbonyl (C=O) groups excluding carboxylic acids is 1. The molecule has 0 radical (unpaired) electrons. The second-order valence-electron chi connectivity index (χ2n) is 9.30. The first-order valence-corrected chi connectivity index (χ1v) is 13.4. The molecule has 6 heteroatoms. The molecule has 4 rings (SSSR count). The molecule has 0 bridgehead atoms. The summed E-state index contributed by atoms with van der Waals surface area (Å²) in [6, 6.07) is 16.8. The van der Waals surface area contributed by atoms with Gasteiger partial charge in [0, 0.05) is 49.7 Å². The topological polar surface area (TPSA) is 49.3 Å². The molecule has 1 aliphatic rings. The van der Waals surface area contributed by atoms with Crippen LogP contribution in [0, 0.1) is 6.92 Å². The smallest absolute Gasteiger partial charge is 0.253 e. The van der Waals surface area contributed by atoms with Crippen molar-refractivity contribution in [1.82, 2.24) is 14.3 Å². The molecule has 0 atom stereocenters. The molecule has 5 nitrogen and oxygen atoms in total. The normalized spacial score (nSPS) is 14.3. The quantitative estimate of drug-likeness (QED) is 0.360. The van der Waals surface area contributed by atoms with Gasteiger partial charge < -0.3 is 9.80 Å². The van der Waals surface area contributed by atoms with E-state index in [1.165, 1.54) is 53.9 Å². The van der Waals surface area contributed by atoms with Crippen LogP contribution >= 0.6 is 11.5 Å². The third-order valence-electron chi connectivity index (χ3n) is 6.51. The molecule has 0 spiro atoms. The average Bonchev–Trinajstić information content (AvgIpc) is 3.18. The Morgan fingerprint density at radius 1 is 0.912 bits per heavy atom. The maximum Gasteiger partial charge on any atom is 0.253 e. The summed E-state index contributed by atoms with van der Waals surface area (Å²) in [6.07, 6.45) is 7.85. The molecule has 0 N–H and O–H groups in total. The standard InChI is InChI=1S/C28H36N4OS/c1-3-4-5-6-8-23-13-15-25(16-14-23)27(33)31-17-7-18-32(20-19-31)28-29-26(30-34-28)21-24-11-9-22(2)10-12-24/h9-16H,3-8,17-21H2,1-2H3. The molecule has 2 aromatic carbocycles. The van der Waals surface area contributed by atoms with Crippen molar-refractivity contribution in [3.63, 3.8) is 0 Å². The van der Waals surface area contributed by atoms with Crippen molar-refractivity contribution in [3.05, 3.63) is 76.6 Å². The Morgan fingerprint density at radius 3 is 2.44 bits per heavy atom. The molecular weight excluding hydrogens is 440 g/mol. The number of unbranched alkanes of at least 4 members (excludes halogenated alkanes) is 3. The van der Waals surface area contributed by atoms with Crippen molar-refractivity contribution >= 4 is 22.6 Å². The summed E-state index contributed by atoms with van der Waals surface area (Å²) in [5.74, 6) is 1.01. The molecule has 1 fully saturated rings. The van der Waals surface area contributed by atoms with Crippen LogP contribution in [-0.2, 0) is 12.8 Å². The zero-order chi connectivity index (χ0) is 23.8. The molecule has 1 aromatic heterocycles. The molecule has 34 heavy (non-hydrogen) atoms. The number of hydrogen-bond acceptors (Lipinski definition) is 5. The molecule has 2 heterocycles. The van der Waals surface area contributed by atoms with E-state index in [9.17, 15) is 4.79 Å². The van der Waals surface area contributed by atoms with E-state index in [-0.39, 0.29) is 5.91 Å². The average molecular weight is 477 g/mol. The van der Waals surface area contributed by atoms with E-state index in [2.05, 4.69) is 59.5 Å². The van der Waals surface area contributed by atoms with E-state index in [0.717, 1.165) is 55.4 Å². The third kappa shape index (κ3) is 6.66. The van der Waals surface area contributed by atoms with Crippen LogP contribution in [0.15, 0.2) is 48.5 Å². The Labute approximate surface area is 208 Å². The monoisotopic (exact) mass is 476 g/mol. The predicted octanol–water partition coefficient (Wildman–Crippen LogP) is 5.91. The first-order valence-electron chi connectivity index (χ1n) is 12.6. The lowest BCUT2D eigenvalue weighted by Gasteiger charge is -2.21. The van der Waals surface area contributed by atoms with Gasteiger partial charge in [-0.15, -0.1) is 0 Å². The molecule has 3 aromatic rings. The van der Waals surface area contributed by atoms with Crippen LogP contribution in [0.4, 0.5) is 5.13 Å². The van der Waals surface area contributed by atoms with Gasteiger partial charge in [-0.05, 0) is 49.4 Å². The highest BCUT2D eigenvalue weighted by molar-refractivity contribution is 7.09. The number of amides is 1. The van der Waals surface area contributed by atoms with Crippen molar-refractivity contribution in [2.45, 2.75) is 58.8 Å². The summed E-state index contributed by atoms with van der Waals surface area (Å²) in [4.78, 5) is 22.2. The Hall–Kier alpha value is -2.73. The van der Waals surface area contributed by atoms with E-state index >= 15 is 0 Å². The molecule has 180 valence electrons. The minimum absolute atomic E-state index is 0.136. The SMILES string of the molecule is CCCCCCc1ccc(C(=O)N2CCCN(c3nc(Cc4ccc(C)cc4)ns3)CC2)cc1. The maximum atomic E-state index is 13.1. The Kier molecular flexibility index (Phi) is 8.69. The van der Waals surface area contributed by atoms with Crippen LogP contribution < -0.4 is 4.90 Å². The van der Waals surface area contributed by atoms with E-state index in [0.29, 0.717) is 6.54 Å². The molecule has 1 amide bonds. The fourth-order valence-corrected chi connectivity index (χ4v) is 5.13. The second kappa shape index (κ2) is 12.1. The summed E-state index contributed by atoms with van der Waals surface area (Å²) < 4.78 is 4.59. The van der Waals surface area contributed by atoms with Gasteiger partial charge >= 0.3 is 0 Å². The van der Waals surface area contributed by atoms with Gasteiger partial charge in [-0.1, -0.05) is 68.1 Å². The number of benzene rings is 2. The van der Waals surface area contributed by atoms with Gasteiger partial charge in [-0.3, -0.25) is 4.79 Å². The zero-order valence-corrected chi connectivity index (χ0v) is 21.3. The predicted molar refractivity (Wildman–Crippen MR) is 141 cm³/mol. The lowest BCUT2D eigenvalue weighted by Crippen LogP contribution is -2.35. The van der Waals surface area contributed by atoms with Gasteiger partial charge in [0.15, 0.2) is 0 Å². The first-order chi connectivity index (χ1) is 16.6. The van der Waals surface area contributed by atoms with E-state index < -0.39 is 0 Å². The largest absolute Gasteiger partial charge is 0.345 e. The van der Waals surface area contributed by atoms with Crippen LogP contribution in [0.5, 0.6) is 0 Å². The number of rotatable bonds is 9. The molecule has 0 saturated carbocycles. The van der Waals surface area contributed by atoms with Crippen molar-refractivity contribution < 1.29 is 4.79 Å². The lowest BCUT2D eigenvalue weighted by molar-refractivity contribution is 0.0767. The van der Waals surface area contributed by atoms with E-state index in [1.807, 2.05) is 17.0 Å².